The average Bonchev–Trinajstić information content (AvgIpc) is 3.32. The second-order valence-corrected chi connectivity index (χ2v) is 19.4. The van der Waals surface area contributed by atoms with E-state index in [-0.39, 0.29) is 24.9 Å². The highest BCUT2D eigenvalue weighted by atomic mass is 16.5. The second kappa shape index (κ2) is 54.2. The van der Waals surface area contributed by atoms with Crippen LogP contribution >= 0.6 is 0 Å². The van der Waals surface area contributed by atoms with Gasteiger partial charge in [0.15, 0.2) is 0 Å². The fourth-order valence-corrected chi connectivity index (χ4v) is 8.40. The Hall–Kier alpha value is -2.70. The first-order valence-electron chi connectivity index (χ1n) is 28.7. The van der Waals surface area contributed by atoms with Crippen molar-refractivity contribution >= 4 is 11.9 Å². The number of hydrogen-bond donors (Lipinski definition) is 3. The standard InChI is InChI=1S/C61H109NO5/c1-4-7-10-13-16-19-22-25-28-29-30-33-36-39-42-45-48-51-54-61(66)67-57(52-49-46-43-40-37-34-31-26-23-20-17-14-11-8-5-2)55-60(65)62-58(56-63)59(64)53-50-47-44-41-38-35-32-27-24-21-18-15-12-9-6-3/h17,20,26,28-31,33,37,40,46,49,57-59,63-64H,4-16,18-19,21-25,27,32,34-36,38-39,41-45,47-48,50-56H2,1-3H3,(H,62,65)/b20-17-,29-28+,31-26-,33-30+,40-37-,49-46-. The predicted molar refractivity (Wildman–Crippen MR) is 291 cm³/mol. The Labute approximate surface area is 415 Å². The third-order valence-corrected chi connectivity index (χ3v) is 12.8. The minimum atomic E-state index is -0.817. The van der Waals surface area contributed by atoms with Gasteiger partial charge in [-0.1, -0.05) is 261 Å². The van der Waals surface area contributed by atoms with Crippen molar-refractivity contribution in [2.75, 3.05) is 6.61 Å². The SMILES string of the molecule is CCCCC/C=C\C/C=C\C/C=C\C/C=C\CC(CC(=O)NC(CO)C(O)CCCCCCCCCCCCCCCCC)OC(=O)CCCCCCC/C=C/C=C/CCCCCCCCC. The van der Waals surface area contributed by atoms with Crippen molar-refractivity contribution in [1.29, 1.82) is 0 Å². The number of carbonyl (C=O) groups excluding carboxylic acids is 2. The fraction of sp³-hybridized carbons (Fsp3) is 0.770. The summed E-state index contributed by atoms with van der Waals surface area (Å²) in [7, 11) is 0. The van der Waals surface area contributed by atoms with Crippen LogP contribution < -0.4 is 5.32 Å². The van der Waals surface area contributed by atoms with Crippen molar-refractivity contribution in [3.63, 3.8) is 0 Å². The molecular formula is C61H109NO5. The number of aliphatic hydroxyl groups is 2. The first-order chi connectivity index (χ1) is 33.0. The van der Waals surface area contributed by atoms with E-state index in [0.717, 1.165) is 77.0 Å². The number of aliphatic hydroxyl groups excluding tert-OH is 2. The Balaban J connectivity index is 4.69. The Kier molecular flexibility index (Phi) is 52.1. The Bertz CT molecular complexity index is 1230. The molecule has 0 saturated heterocycles. The van der Waals surface area contributed by atoms with Gasteiger partial charge in [0.1, 0.15) is 6.10 Å². The summed E-state index contributed by atoms with van der Waals surface area (Å²) in [5.41, 5.74) is 0. The molecule has 0 bridgehead atoms. The van der Waals surface area contributed by atoms with Gasteiger partial charge < -0.3 is 20.3 Å². The normalized spacial score (nSPS) is 13.7. The van der Waals surface area contributed by atoms with Crippen LogP contribution in [0.15, 0.2) is 72.9 Å². The highest BCUT2D eigenvalue weighted by Crippen LogP contribution is 2.17. The van der Waals surface area contributed by atoms with Crippen LogP contribution in [0.25, 0.3) is 0 Å². The number of rotatable bonds is 51. The maximum absolute atomic E-state index is 13.2. The summed E-state index contributed by atoms with van der Waals surface area (Å²) in [5.74, 6) is -0.590. The minimum absolute atomic E-state index is 0.00618. The lowest BCUT2D eigenvalue weighted by molar-refractivity contribution is -0.150. The molecule has 0 radical (unpaired) electrons. The molecular weight excluding hydrogens is 827 g/mol. The van der Waals surface area contributed by atoms with E-state index < -0.39 is 18.2 Å². The van der Waals surface area contributed by atoms with E-state index in [0.29, 0.717) is 19.3 Å². The molecule has 0 rings (SSSR count). The number of amides is 1. The lowest BCUT2D eigenvalue weighted by Crippen LogP contribution is -2.46. The molecule has 0 aromatic carbocycles. The van der Waals surface area contributed by atoms with Crippen LogP contribution in [0.4, 0.5) is 0 Å². The van der Waals surface area contributed by atoms with E-state index in [2.05, 4.69) is 92.9 Å². The van der Waals surface area contributed by atoms with Gasteiger partial charge in [-0.15, -0.1) is 0 Å². The molecule has 0 fully saturated rings. The average molecular weight is 937 g/mol. The second-order valence-electron chi connectivity index (χ2n) is 19.4. The molecule has 388 valence electrons. The highest BCUT2D eigenvalue weighted by Gasteiger charge is 2.23. The number of allylic oxidation sites excluding steroid dienone is 11. The van der Waals surface area contributed by atoms with Gasteiger partial charge in [0.25, 0.3) is 0 Å². The van der Waals surface area contributed by atoms with Crippen LogP contribution in [-0.4, -0.2) is 46.9 Å². The molecule has 0 heterocycles. The Morgan fingerprint density at radius 1 is 0.463 bits per heavy atom. The molecule has 6 heteroatoms. The van der Waals surface area contributed by atoms with Crippen molar-refractivity contribution < 1.29 is 24.5 Å². The Morgan fingerprint density at radius 3 is 1.31 bits per heavy atom. The molecule has 3 atom stereocenters. The quantitative estimate of drug-likeness (QED) is 0.0244. The number of unbranched alkanes of at least 4 members (excludes halogenated alkanes) is 29. The highest BCUT2D eigenvalue weighted by molar-refractivity contribution is 5.77. The molecule has 67 heavy (non-hydrogen) atoms. The predicted octanol–water partition coefficient (Wildman–Crippen LogP) is 17.7. The van der Waals surface area contributed by atoms with Crippen molar-refractivity contribution in [2.24, 2.45) is 0 Å². The zero-order valence-corrected chi connectivity index (χ0v) is 44.3. The number of carbonyl (C=O) groups is 2. The molecule has 0 aromatic rings. The summed E-state index contributed by atoms with van der Waals surface area (Å²) in [6.07, 6.45) is 69.8. The number of nitrogens with one attached hydrogen (secondary N) is 1. The molecule has 6 nitrogen and oxygen atoms in total. The van der Waals surface area contributed by atoms with Crippen molar-refractivity contribution in [3.05, 3.63) is 72.9 Å². The van der Waals surface area contributed by atoms with E-state index in [4.69, 9.17) is 4.74 Å². The van der Waals surface area contributed by atoms with Gasteiger partial charge in [0, 0.05) is 12.8 Å². The monoisotopic (exact) mass is 936 g/mol. The van der Waals surface area contributed by atoms with Crippen LogP contribution in [0, 0.1) is 0 Å². The van der Waals surface area contributed by atoms with Gasteiger partial charge in [0.05, 0.1) is 25.2 Å². The molecule has 0 aliphatic heterocycles. The van der Waals surface area contributed by atoms with E-state index in [1.165, 1.54) is 154 Å². The third-order valence-electron chi connectivity index (χ3n) is 12.8. The smallest absolute Gasteiger partial charge is 0.306 e. The van der Waals surface area contributed by atoms with Gasteiger partial charge in [-0.2, -0.15) is 0 Å². The van der Waals surface area contributed by atoms with Crippen LogP contribution in [0.5, 0.6) is 0 Å². The number of ether oxygens (including phenoxy) is 1. The van der Waals surface area contributed by atoms with E-state index in [9.17, 15) is 19.8 Å². The largest absolute Gasteiger partial charge is 0.461 e. The maximum atomic E-state index is 13.2. The summed E-state index contributed by atoms with van der Waals surface area (Å²) in [5, 5.41) is 23.8. The molecule has 3 N–H and O–H groups in total. The van der Waals surface area contributed by atoms with Crippen molar-refractivity contribution in [3.8, 4) is 0 Å². The third kappa shape index (κ3) is 49.5. The van der Waals surface area contributed by atoms with E-state index in [1.54, 1.807) is 0 Å². The summed E-state index contributed by atoms with van der Waals surface area (Å²) < 4.78 is 5.89. The molecule has 0 aromatic heterocycles. The maximum Gasteiger partial charge on any atom is 0.306 e. The van der Waals surface area contributed by atoms with Crippen molar-refractivity contribution in [2.45, 2.75) is 296 Å². The summed E-state index contributed by atoms with van der Waals surface area (Å²) >= 11 is 0. The molecule has 3 unspecified atom stereocenters. The van der Waals surface area contributed by atoms with Crippen LogP contribution in [0.3, 0.4) is 0 Å². The van der Waals surface area contributed by atoms with Gasteiger partial charge in [-0.05, 0) is 70.6 Å². The Morgan fingerprint density at radius 2 is 0.836 bits per heavy atom. The van der Waals surface area contributed by atoms with E-state index >= 15 is 0 Å². The number of esters is 1. The molecule has 0 aliphatic rings. The van der Waals surface area contributed by atoms with E-state index in [1.807, 2.05) is 6.08 Å². The zero-order chi connectivity index (χ0) is 48.8. The van der Waals surface area contributed by atoms with Gasteiger partial charge in [-0.25, -0.2) is 0 Å². The first kappa shape index (κ1) is 64.3. The summed E-state index contributed by atoms with van der Waals surface area (Å²) in [6.45, 7) is 6.44. The fourth-order valence-electron chi connectivity index (χ4n) is 8.40. The molecule has 0 spiro atoms. The lowest BCUT2D eigenvalue weighted by Gasteiger charge is -2.24. The summed E-state index contributed by atoms with van der Waals surface area (Å²) in [6, 6.07) is -0.737. The van der Waals surface area contributed by atoms with Crippen LogP contribution in [0.2, 0.25) is 0 Å². The zero-order valence-electron chi connectivity index (χ0n) is 44.3. The van der Waals surface area contributed by atoms with Gasteiger partial charge >= 0.3 is 5.97 Å². The minimum Gasteiger partial charge on any atom is -0.461 e. The lowest BCUT2D eigenvalue weighted by atomic mass is 10.0. The number of hydrogen-bond acceptors (Lipinski definition) is 5. The summed E-state index contributed by atoms with van der Waals surface area (Å²) in [4.78, 5) is 26.2. The van der Waals surface area contributed by atoms with Crippen LogP contribution in [0.1, 0.15) is 278 Å². The first-order valence-corrected chi connectivity index (χ1v) is 28.7. The topological polar surface area (TPSA) is 95.9 Å². The molecule has 1 amide bonds. The van der Waals surface area contributed by atoms with Gasteiger partial charge in [-0.3, -0.25) is 9.59 Å². The molecule has 0 aliphatic carbocycles. The van der Waals surface area contributed by atoms with Gasteiger partial charge in [0.2, 0.25) is 5.91 Å². The van der Waals surface area contributed by atoms with Crippen molar-refractivity contribution in [1.82, 2.24) is 5.32 Å². The van der Waals surface area contributed by atoms with Crippen LogP contribution in [-0.2, 0) is 14.3 Å². The molecule has 0 saturated carbocycles.